The number of nitrogens with zero attached hydrogens (tertiary/aromatic N) is 1. The molecule has 2 aromatic carbocycles. The third-order valence-electron chi connectivity index (χ3n) is 4.51. The molecule has 31 heavy (non-hydrogen) atoms. The van der Waals surface area contributed by atoms with Gasteiger partial charge in [0.2, 0.25) is 5.75 Å². The molecule has 1 aliphatic heterocycles. The SMILES string of the molecule is CCOC(=O)C1=C(O)/C(=C\c2cc(OC)c(O)c(OC)c2)SC1=Nc1ccccc1C. The Kier molecular flexibility index (Phi) is 6.91. The molecule has 0 radical (unpaired) electrons. The summed E-state index contributed by atoms with van der Waals surface area (Å²) in [7, 11) is 2.86. The van der Waals surface area contributed by atoms with Crippen molar-refractivity contribution in [3.05, 3.63) is 63.8 Å². The van der Waals surface area contributed by atoms with Crippen LogP contribution in [0.1, 0.15) is 18.1 Å². The Balaban J connectivity index is 2.10. The van der Waals surface area contributed by atoms with Crippen molar-refractivity contribution >= 4 is 34.5 Å². The Bertz CT molecular complexity index is 1080. The van der Waals surface area contributed by atoms with Crippen LogP contribution < -0.4 is 9.47 Å². The summed E-state index contributed by atoms with van der Waals surface area (Å²) in [5.41, 5.74) is 2.23. The zero-order valence-electron chi connectivity index (χ0n) is 17.6. The number of aliphatic hydroxyl groups excluding tert-OH is 1. The van der Waals surface area contributed by atoms with Gasteiger partial charge in [0.15, 0.2) is 11.5 Å². The van der Waals surface area contributed by atoms with Gasteiger partial charge in [-0.25, -0.2) is 9.79 Å². The van der Waals surface area contributed by atoms with E-state index < -0.39 is 5.97 Å². The fraction of sp³-hybridized carbons (Fsp3) is 0.217. The summed E-state index contributed by atoms with van der Waals surface area (Å²) in [6, 6.07) is 10.7. The molecule has 1 aliphatic rings. The van der Waals surface area contributed by atoms with Gasteiger partial charge in [0.25, 0.3) is 0 Å². The summed E-state index contributed by atoms with van der Waals surface area (Å²) < 4.78 is 15.5. The lowest BCUT2D eigenvalue weighted by Crippen LogP contribution is -2.12. The summed E-state index contributed by atoms with van der Waals surface area (Å²) in [5.74, 6) is -0.555. The predicted octanol–water partition coefficient (Wildman–Crippen LogP) is 4.91. The number of aliphatic hydroxyl groups is 1. The van der Waals surface area contributed by atoms with Crippen molar-refractivity contribution in [3.8, 4) is 17.2 Å². The molecule has 1 heterocycles. The standard InChI is InChI=1S/C23H23NO6S/c1-5-30-23(27)19-21(26)18(31-22(19)24-15-9-7-6-8-13(15)2)12-14-10-16(28-3)20(25)17(11-14)29-4/h6-12,25-26H,5H2,1-4H3/b18-12+,24-22?. The minimum atomic E-state index is -0.649. The summed E-state index contributed by atoms with van der Waals surface area (Å²) in [5, 5.41) is 21.3. The van der Waals surface area contributed by atoms with E-state index >= 15 is 0 Å². The number of phenolic OH excluding ortho intramolecular Hbond substituents is 1. The minimum Gasteiger partial charge on any atom is -0.506 e. The second-order valence-corrected chi connectivity index (χ2v) is 7.56. The third kappa shape index (κ3) is 4.69. The van der Waals surface area contributed by atoms with Crippen molar-refractivity contribution in [2.45, 2.75) is 13.8 Å². The number of para-hydroxylation sites is 1. The zero-order valence-corrected chi connectivity index (χ0v) is 18.4. The largest absolute Gasteiger partial charge is 0.506 e. The lowest BCUT2D eigenvalue weighted by Gasteiger charge is -2.10. The van der Waals surface area contributed by atoms with Gasteiger partial charge in [-0.1, -0.05) is 30.0 Å². The van der Waals surface area contributed by atoms with E-state index in [1.165, 1.54) is 14.2 Å². The van der Waals surface area contributed by atoms with Gasteiger partial charge in [-0.15, -0.1) is 0 Å². The highest BCUT2D eigenvalue weighted by atomic mass is 32.2. The lowest BCUT2D eigenvalue weighted by molar-refractivity contribution is -0.138. The molecule has 0 fully saturated rings. The van der Waals surface area contributed by atoms with E-state index in [1.807, 2.05) is 31.2 Å². The Labute approximate surface area is 184 Å². The zero-order chi connectivity index (χ0) is 22.5. The first-order valence-corrected chi connectivity index (χ1v) is 10.3. The maximum Gasteiger partial charge on any atom is 0.344 e. The first kappa shape index (κ1) is 22.3. The number of esters is 1. The van der Waals surface area contributed by atoms with Gasteiger partial charge in [0, 0.05) is 0 Å². The molecule has 0 amide bonds. The molecular weight excluding hydrogens is 418 g/mol. The number of ether oxygens (including phenoxy) is 3. The van der Waals surface area contributed by atoms with Crippen molar-refractivity contribution in [1.82, 2.24) is 0 Å². The highest BCUT2D eigenvalue weighted by Crippen LogP contribution is 2.43. The number of aromatic hydroxyl groups is 1. The van der Waals surface area contributed by atoms with Crippen molar-refractivity contribution in [3.63, 3.8) is 0 Å². The van der Waals surface area contributed by atoms with Crippen molar-refractivity contribution < 1.29 is 29.2 Å². The van der Waals surface area contributed by atoms with Crippen LogP contribution in [-0.4, -0.2) is 42.1 Å². The second-order valence-electron chi connectivity index (χ2n) is 6.53. The van der Waals surface area contributed by atoms with Crippen LogP contribution in [0.4, 0.5) is 5.69 Å². The molecule has 8 heteroatoms. The molecule has 0 atom stereocenters. The second kappa shape index (κ2) is 9.61. The van der Waals surface area contributed by atoms with Crippen LogP contribution in [0.5, 0.6) is 17.2 Å². The fourth-order valence-electron chi connectivity index (χ4n) is 2.94. The van der Waals surface area contributed by atoms with E-state index in [2.05, 4.69) is 4.99 Å². The highest BCUT2D eigenvalue weighted by molar-refractivity contribution is 8.18. The van der Waals surface area contributed by atoms with Crippen LogP contribution in [-0.2, 0) is 9.53 Å². The van der Waals surface area contributed by atoms with Gasteiger partial charge in [0.1, 0.15) is 16.4 Å². The van der Waals surface area contributed by atoms with E-state index in [9.17, 15) is 15.0 Å². The molecule has 7 nitrogen and oxygen atoms in total. The Hall–Kier alpha value is -3.39. The number of aliphatic imine (C=N–C) groups is 1. The van der Waals surface area contributed by atoms with Gasteiger partial charge in [-0.2, -0.15) is 0 Å². The monoisotopic (exact) mass is 441 g/mol. The van der Waals surface area contributed by atoms with E-state index in [4.69, 9.17) is 14.2 Å². The first-order valence-electron chi connectivity index (χ1n) is 9.49. The maximum atomic E-state index is 12.6. The van der Waals surface area contributed by atoms with Crippen LogP contribution >= 0.6 is 11.8 Å². The summed E-state index contributed by atoms with van der Waals surface area (Å²) >= 11 is 1.15. The van der Waals surface area contributed by atoms with Crippen LogP contribution in [0.25, 0.3) is 6.08 Å². The number of carbonyl (C=O) groups is 1. The quantitative estimate of drug-likeness (QED) is 0.615. The number of benzene rings is 2. The van der Waals surface area contributed by atoms with E-state index in [0.29, 0.717) is 21.2 Å². The molecule has 0 aromatic heterocycles. The Morgan fingerprint density at radius 2 is 1.77 bits per heavy atom. The van der Waals surface area contributed by atoms with Crippen LogP contribution in [0.3, 0.4) is 0 Å². The first-order chi connectivity index (χ1) is 14.9. The van der Waals surface area contributed by atoms with Gasteiger partial charge in [-0.3, -0.25) is 0 Å². The fourth-order valence-corrected chi connectivity index (χ4v) is 3.97. The molecule has 0 spiro atoms. The van der Waals surface area contributed by atoms with Gasteiger partial charge < -0.3 is 24.4 Å². The van der Waals surface area contributed by atoms with Crippen LogP contribution in [0.2, 0.25) is 0 Å². The Morgan fingerprint density at radius 3 is 2.35 bits per heavy atom. The number of phenols is 1. The molecule has 2 N–H and O–H groups in total. The minimum absolute atomic E-state index is 0.0130. The van der Waals surface area contributed by atoms with Crippen LogP contribution in [0.15, 0.2) is 57.6 Å². The molecule has 0 unspecified atom stereocenters. The third-order valence-corrected chi connectivity index (χ3v) is 5.53. The van der Waals surface area contributed by atoms with E-state index in [0.717, 1.165) is 17.3 Å². The molecular formula is C23H23NO6S. The van der Waals surface area contributed by atoms with Gasteiger partial charge in [0.05, 0.1) is 31.4 Å². The summed E-state index contributed by atoms with van der Waals surface area (Å²) in [4.78, 5) is 17.6. The number of hydrogen-bond donors (Lipinski definition) is 2. The molecule has 162 valence electrons. The molecule has 3 rings (SSSR count). The summed E-state index contributed by atoms with van der Waals surface area (Å²) in [6.07, 6.45) is 1.66. The number of rotatable bonds is 6. The number of thioether (sulfide) groups is 1. The van der Waals surface area contributed by atoms with E-state index in [-0.39, 0.29) is 35.2 Å². The summed E-state index contributed by atoms with van der Waals surface area (Å²) in [6.45, 7) is 3.78. The number of methoxy groups -OCH3 is 2. The molecule has 0 bridgehead atoms. The smallest absolute Gasteiger partial charge is 0.344 e. The lowest BCUT2D eigenvalue weighted by atomic mass is 10.1. The maximum absolute atomic E-state index is 12.6. The average Bonchev–Trinajstić information content (AvgIpc) is 3.05. The van der Waals surface area contributed by atoms with E-state index in [1.54, 1.807) is 25.1 Å². The van der Waals surface area contributed by atoms with Gasteiger partial charge in [-0.05, 0) is 49.2 Å². The molecule has 0 saturated carbocycles. The number of aryl methyl sites for hydroxylation is 1. The highest BCUT2D eigenvalue weighted by Gasteiger charge is 2.33. The molecule has 0 aliphatic carbocycles. The van der Waals surface area contributed by atoms with Crippen molar-refractivity contribution in [2.75, 3.05) is 20.8 Å². The number of carbonyl (C=O) groups excluding carboxylic acids is 1. The average molecular weight is 442 g/mol. The van der Waals surface area contributed by atoms with Crippen molar-refractivity contribution in [2.24, 2.45) is 4.99 Å². The molecule has 0 saturated heterocycles. The normalized spacial score (nSPS) is 16.1. The number of hydrogen-bond acceptors (Lipinski definition) is 8. The van der Waals surface area contributed by atoms with Crippen LogP contribution in [0, 0.1) is 6.92 Å². The van der Waals surface area contributed by atoms with Crippen molar-refractivity contribution in [1.29, 1.82) is 0 Å². The Morgan fingerprint density at radius 1 is 1.13 bits per heavy atom. The van der Waals surface area contributed by atoms with Gasteiger partial charge >= 0.3 is 5.97 Å². The predicted molar refractivity (Wildman–Crippen MR) is 121 cm³/mol. The topological polar surface area (TPSA) is 97.6 Å². The molecule has 2 aromatic rings.